The first-order valence-electron chi connectivity index (χ1n) is 5.73. The van der Waals surface area contributed by atoms with Crippen LogP contribution >= 0.6 is 0 Å². The van der Waals surface area contributed by atoms with Crippen LogP contribution in [0.3, 0.4) is 0 Å². The molecule has 19 heavy (non-hydrogen) atoms. The number of aryl methyl sites for hydroxylation is 1. The maximum Gasteiger partial charge on any atom is 0.362 e. The number of esters is 1. The van der Waals surface area contributed by atoms with E-state index in [0.29, 0.717) is 11.1 Å². The minimum Gasteiger partial charge on any atom is -0.461 e. The normalized spacial score (nSPS) is 10.5. The van der Waals surface area contributed by atoms with Crippen molar-refractivity contribution in [2.24, 2.45) is 0 Å². The van der Waals surface area contributed by atoms with Gasteiger partial charge in [-0.25, -0.2) is 9.18 Å². The van der Waals surface area contributed by atoms with Crippen LogP contribution < -0.4 is 5.73 Å². The fraction of sp³-hybridized carbons (Fsp3) is 0.231. The summed E-state index contributed by atoms with van der Waals surface area (Å²) in [6, 6.07) is 4.50. The van der Waals surface area contributed by atoms with Crippen LogP contribution in [0.2, 0.25) is 0 Å². The van der Waals surface area contributed by atoms with Crippen molar-refractivity contribution in [1.82, 2.24) is 4.98 Å². The van der Waals surface area contributed by atoms with Crippen LogP contribution in [0, 0.1) is 12.7 Å². The number of anilines is 1. The molecule has 0 atom stereocenters. The predicted molar refractivity (Wildman–Crippen MR) is 67.0 cm³/mol. The Hall–Kier alpha value is -2.37. The van der Waals surface area contributed by atoms with Gasteiger partial charge in [0, 0.05) is 5.56 Å². The molecule has 2 rings (SSSR count). The molecule has 1 heterocycles. The predicted octanol–water partition coefficient (Wildman–Crippen LogP) is 2.55. The van der Waals surface area contributed by atoms with Gasteiger partial charge in [-0.05, 0) is 31.5 Å². The van der Waals surface area contributed by atoms with E-state index in [1.54, 1.807) is 26.0 Å². The SMILES string of the molecule is CCOC(=O)c1nc(-c2ccc(C)c(F)c2)oc1N. The standard InChI is InChI=1S/C13H13FN2O3/c1-3-18-13(17)10-11(15)19-12(16-10)8-5-4-7(2)9(14)6-8/h4-6H,3,15H2,1-2H3. The Bertz CT molecular complexity index is 622. The van der Waals surface area contributed by atoms with Crippen LogP contribution in [-0.2, 0) is 4.74 Å². The third-order valence-corrected chi connectivity index (χ3v) is 2.54. The van der Waals surface area contributed by atoms with E-state index in [-0.39, 0.29) is 29.9 Å². The number of halogens is 1. The van der Waals surface area contributed by atoms with Crippen LogP contribution in [0.1, 0.15) is 23.0 Å². The molecule has 0 saturated heterocycles. The molecular formula is C13H13FN2O3. The second kappa shape index (κ2) is 5.09. The molecule has 0 saturated carbocycles. The number of rotatable bonds is 3. The minimum absolute atomic E-state index is 0.0828. The van der Waals surface area contributed by atoms with Gasteiger partial charge in [0.1, 0.15) is 5.82 Å². The lowest BCUT2D eigenvalue weighted by Crippen LogP contribution is -2.07. The summed E-state index contributed by atoms with van der Waals surface area (Å²) in [5, 5.41) is 0. The van der Waals surface area contributed by atoms with E-state index in [1.807, 2.05) is 0 Å². The van der Waals surface area contributed by atoms with Crippen molar-refractivity contribution >= 4 is 11.9 Å². The number of aromatic nitrogens is 1. The lowest BCUT2D eigenvalue weighted by atomic mass is 10.1. The highest BCUT2D eigenvalue weighted by molar-refractivity contribution is 5.92. The zero-order valence-electron chi connectivity index (χ0n) is 10.6. The largest absolute Gasteiger partial charge is 0.461 e. The van der Waals surface area contributed by atoms with Crippen molar-refractivity contribution in [3.05, 3.63) is 35.3 Å². The Balaban J connectivity index is 2.38. The van der Waals surface area contributed by atoms with Gasteiger partial charge < -0.3 is 14.9 Å². The number of nitrogens with zero attached hydrogens (tertiary/aromatic N) is 1. The van der Waals surface area contributed by atoms with E-state index in [2.05, 4.69) is 4.98 Å². The highest BCUT2D eigenvalue weighted by Gasteiger charge is 2.20. The minimum atomic E-state index is -0.664. The van der Waals surface area contributed by atoms with Gasteiger partial charge in [0.25, 0.3) is 0 Å². The smallest absolute Gasteiger partial charge is 0.362 e. The fourth-order valence-corrected chi connectivity index (χ4v) is 1.53. The molecule has 0 fully saturated rings. The number of ether oxygens (including phenoxy) is 1. The van der Waals surface area contributed by atoms with Crippen LogP contribution in [0.25, 0.3) is 11.5 Å². The average Bonchev–Trinajstić information content (AvgIpc) is 2.75. The first-order chi connectivity index (χ1) is 9.02. The van der Waals surface area contributed by atoms with Gasteiger partial charge in [-0.2, -0.15) is 4.98 Å². The third kappa shape index (κ3) is 2.57. The van der Waals surface area contributed by atoms with E-state index < -0.39 is 5.97 Å². The third-order valence-electron chi connectivity index (χ3n) is 2.54. The maximum absolute atomic E-state index is 13.5. The van der Waals surface area contributed by atoms with Gasteiger partial charge in [-0.15, -0.1) is 0 Å². The Labute approximate surface area is 109 Å². The van der Waals surface area contributed by atoms with E-state index >= 15 is 0 Å². The molecule has 0 aliphatic heterocycles. The summed E-state index contributed by atoms with van der Waals surface area (Å²) in [7, 11) is 0. The first-order valence-corrected chi connectivity index (χ1v) is 5.73. The second-order valence-corrected chi connectivity index (χ2v) is 3.92. The van der Waals surface area contributed by atoms with Crippen molar-refractivity contribution < 1.29 is 18.3 Å². The molecule has 0 amide bonds. The molecule has 0 unspecified atom stereocenters. The monoisotopic (exact) mass is 264 g/mol. The summed E-state index contributed by atoms with van der Waals surface area (Å²) in [4.78, 5) is 15.5. The Morgan fingerprint density at radius 1 is 1.53 bits per heavy atom. The van der Waals surface area contributed by atoms with Gasteiger partial charge in [-0.1, -0.05) is 6.07 Å². The van der Waals surface area contributed by atoms with Crippen LogP contribution in [0.4, 0.5) is 10.3 Å². The van der Waals surface area contributed by atoms with E-state index in [9.17, 15) is 9.18 Å². The molecule has 100 valence electrons. The second-order valence-electron chi connectivity index (χ2n) is 3.92. The molecule has 0 bridgehead atoms. The van der Waals surface area contributed by atoms with Crippen LogP contribution in [-0.4, -0.2) is 17.6 Å². The number of oxazole rings is 1. The zero-order valence-corrected chi connectivity index (χ0v) is 10.6. The summed E-state index contributed by atoms with van der Waals surface area (Å²) in [5.74, 6) is -1.11. The molecule has 6 heteroatoms. The van der Waals surface area contributed by atoms with E-state index in [0.717, 1.165) is 0 Å². The van der Waals surface area contributed by atoms with Crippen molar-refractivity contribution in [3.63, 3.8) is 0 Å². The number of carbonyl (C=O) groups excluding carboxylic acids is 1. The van der Waals surface area contributed by atoms with E-state index in [1.165, 1.54) is 6.07 Å². The molecule has 0 spiro atoms. The lowest BCUT2D eigenvalue weighted by molar-refractivity contribution is 0.0521. The molecule has 1 aromatic heterocycles. The Morgan fingerprint density at radius 2 is 2.26 bits per heavy atom. The summed E-state index contributed by atoms with van der Waals surface area (Å²) >= 11 is 0. The number of hydrogen-bond acceptors (Lipinski definition) is 5. The quantitative estimate of drug-likeness (QED) is 0.862. The van der Waals surface area contributed by atoms with Crippen molar-refractivity contribution in [2.75, 3.05) is 12.3 Å². The van der Waals surface area contributed by atoms with Crippen molar-refractivity contribution in [1.29, 1.82) is 0 Å². The topological polar surface area (TPSA) is 78.3 Å². The van der Waals surface area contributed by atoms with Gasteiger partial charge in [0.15, 0.2) is 0 Å². The zero-order chi connectivity index (χ0) is 14.0. The van der Waals surface area contributed by atoms with E-state index in [4.69, 9.17) is 14.9 Å². The Morgan fingerprint density at radius 3 is 2.89 bits per heavy atom. The number of carbonyl (C=O) groups is 1. The maximum atomic E-state index is 13.5. The Kier molecular flexibility index (Phi) is 3.50. The summed E-state index contributed by atoms with van der Waals surface area (Å²) in [5.41, 5.74) is 6.37. The number of nitrogen functional groups attached to an aromatic ring is 1. The molecule has 0 aliphatic carbocycles. The summed E-state index contributed by atoms with van der Waals surface area (Å²) < 4.78 is 23.4. The van der Waals surface area contributed by atoms with Crippen molar-refractivity contribution in [2.45, 2.75) is 13.8 Å². The van der Waals surface area contributed by atoms with Crippen molar-refractivity contribution in [3.8, 4) is 11.5 Å². The van der Waals surface area contributed by atoms with Gasteiger partial charge in [0.2, 0.25) is 17.5 Å². The van der Waals surface area contributed by atoms with Gasteiger partial charge >= 0.3 is 5.97 Å². The lowest BCUT2D eigenvalue weighted by Gasteiger charge is -1.98. The van der Waals surface area contributed by atoms with Crippen LogP contribution in [0.5, 0.6) is 0 Å². The number of benzene rings is 1. The highest BCUT2D eigenvalue weighted by atomic mass is 19.1. The molecule has 0 radical (unpaired) electrons. The average molecular weight is 264 g/mol. The number of hydrogen-bond donors (Lipinski definition) is 1. The van der Waals surface area contributed by atoms with Gasteiger partial charge in [0.05, 0.1) is 6.61 Å². The summed E-state index contributed by atoms with van der Waals surface area (Å²) in [6.45, 7) is 3.52. The molecule has 2 N–H and O–H groups in total. The number of nitrogens with two attached hydrogens (primary N) is 1. The molecule has 5 nitrogen and oxygen atoms in total. The fourth-order valence-electron chi connectivity index (χ4n) is 1.53. The van der Waals surface area contributed by atoms with Crippen LogP contribution in [0.15, 0.2) is 22.6 Å². The summed E-state index contributed by atoms with van der Waals surface area (Å²) in [6.07, 6.45) is 0. The molecular weight excluding hydrogens is 251 g/mol. The molecule has 2 aromatic rings. The molecule has 0 aliphatic rings. The first kappa shape index (κ1) is 13.1. The highest BCUT2D eigenvalue weighted by Crippen LogP contribution is 2.25. The van der Waals surface area contributed by atoms with Gasteiger partial charge in [-0.3, -0.25) is 0 Å². The molecule has 1 aromatic carbocycles.